The van der Waals surface area contributed by atoms with Gasteiger partial charge in [0.15, 0.2) is 0 Å². The zero-order valence-corrected chi connectivity index (χ0v) is 9.28. The lowest BCUT2D eigenvalue weighted by Gasteiger charge is -2.15. The van der Waals surface area contributed by atoms with E-state index in [1.807, 2.05) is 0 Å². The number of esters is 1. The maximum absolute atomic E-state index is 13.1. The van der Waals surface area contributed by atoms with E-state index in [0.29, 0.717) is 6.07 Å². The highest BCUT2D eigenvalue weighted by Gasteiger charge is 2.41. The number of methoxy groups -OCH3 is 1. The summed E-state index contributed by atoms with van der Waals surface area (Å²) in [6.07, 6.45) is -2.11. The zero-order chi connectivity index (χ0) is 13.3. The molecule has 5 nitrogen and oxygen atoms in total. The van der Waals surface area contributed by atoms with Crippen molar-refractivity contribution in [2.45, 2.75) is 12.1 Å². The van der Waals surface area contributed by atoms with E-state index in [1.165, 1.54) is 0 Å². The highest BCUT2D eigenvalue weighted by atomic mass is 19.1. The van der Waals surface area contributed by atoms with E-state index in [4.69, 9.17) is 4.74 Å². The Morgan fingerprint density at radius 1 is 1.33 bits per heavy atom. The van der Waals surface area contributed by atoms with Crippen LogP contribution in [-0.4, -0.2) is 25.3 Å². The van der Waals surface area contributed by atoms with Crippen molar-refractivity contribution in [2.24, 2.45) is 0 Å². The molecule has 0 radical (unpaired) electrons. The monoisotopic (exact) mass is 257 g/mol. The summed E-state index contributed by atoms with van der Waals surface area (Å²) in [4.78, 5) is 22.5. The number of halogens is 2. The van der Waals surface area contributed by atoms with Gasteiger partial charge in [-0.1, -0.05) is 0 Å². The topological polar surface area (TPSA) is 64.6 Å². The summed E-state index contributed by atoms with van der Waals surface area (Å²) in [7, 11) is 1.12. The number of ether oxygens (including phenoxy) is 2. The molecule has 1 amide bonds. The van der Waals surface area contributed by atoms with Crippen LogP contribution in [0.25, 0.3) is 0 Å². The molecule has 1 fully saturated rings. The van der Waals surface area contributed by atoms with E-state index in [0.717, 1.165) is 19.2 Å². The molecule has 1 N–H and O–H groups in total. The molecule has 0 spiro atoms. The van der Waals surface area contributed by atoms with Crippen LogP contribution in [0.1, 0.15) is 11.6 Å². The Balaban J connectivity index is 2.35. The molecule has 1 aromatic carbocycles. The fourth-order valence-electron chi connectivity index (χ4n) is 1.73. The lowest BCUT2D eigenvalue weighted by molar-refractivity contribution is -0.149. The van der Waals surface area contributed by atoms with Crippen LogP contribution in [0.3, 0.4) is 0 Å². The van der Waals surface area contributed by atoms with Crippen LogP contribution in [-0.2, 0) is 14.3 Å². The third-order valence-electron chi connectivity index (χ3n) is 2.49. The molecule has 1 aliphatic heterocycles. The number of cyclic esters (lactones) is 1. The van der Waals surface area contributed by atoms with Crippen molar-refractivity contribution < 1.29 is 27.8 Å². The number of nitrogens with one attached hydrogen (secondary N) is 1. The van der Waals surface area contributed by atoms with Crippen molar-refractivity contribution in [3.05, 3.63) is 35.4 Å². The second-order valence-corrected chi connectivity index (χ2v) is 3.67. The Morgan fingerprint density at radius 2 is 1.94 bits per heavy atom. The second-order valence-electron chi connectivity index (χ2n) is 3.67. The molecule has 0 aromatic heterocycles. The van der Waals surface area contributed by atoms with Crippen molar-refractivity contribution >= 4 is 12.1 Å². The van der Waals surface area contributed by atoms with E-state index in [2.05, 4.69) is 10.1 Å². The standard InChI is InChI=1S/C11H9F2NO4/c1-17-10(15)9-8(14-11(16)18-9)5-2-6(12)4-7(13)3-5/h2-4,8-9H,1H3,(H,14,16). The summed E-state index contributed by atoms with van der Waals surface area (Å²) in [5, 5.41) is 2.29. The molecule has 2 unspecified atom stereocenters. The van der Waals surface area contributed by atoms with Gasteiger partial charge in [0.1, 0.15) is 17.7 Å². The Labute approximate surface area is 101 Å². The zero-order valence-electron chi connectivity index (χ0n) is 9.28. The number of rotatable bonds is 2. The Kier molecular flexibility index (Phi) is 3.14. The van der Waals surface area contributed by atoms with Gasteiger partial charge in [-0.25, -0.2) is 18.4 Å². The van der Waals surface area contributed by atoms with Gasteiger partial charge in [0, 0.05) is 6.07 Å². The predicted octanol–water partition coefficient (Wildman–Crippen LogP) is 1.29. The average Bonchev–Trinajstić information content (AvgIpc) is 2.69. The number of carbonyl (C=O) groups is 2. The SMILES string of the molecule is COC(=O)C1OC(=O)NC1c1cc(F)cc(F)c1. The van der Waals surface area contributed by atoms with Crippen LogP contribution in [0, 0.1) is 11.6 Å². The van der Waals surface area contributed by atoms with Crippen molar-refractivity contribution in [3.63, 3.8) is 0 Å². The fourth-order valence-corrected chi connectivity index (χ4v) is 1.73. The molecule has 7 heteroatoms. The minimum absolute atomic E-state index is 0.0914. The van der Waals surface area contributed by atoms with Crippen LogP contribution in [0.2, 0.25) is 0 Å². The van der Waals surface area contributed by atoms with Crippen molar-refractivity contribution in [3.8, 4) is 0 Å². The van der Waals surface area contributed by atoms with Gasteiger partial charge in [-0.05, 0) is 17.7 Å². The highest BCUT2D eigenvalue weighted by molar-refractivity contribution is 5.83. The molecule has 1 heterocycles. The summed E-state index contributed by atoms with van der Waals surface area (Å²) in [6, 6.07) is 1.74. The van der Waals surface area contributed by atoms with Gasteiger partial charge in [0.2, 0.25) is 6.10 Å². The molecule has 2 rings (SSSR count). The molecule has 18 heavy (non-hydrogen) atoms. The molecule has 0 aliphatic carbocycles. The van der Waals surface area contributed by atoms with E-state index in [1.54, 1.807) is 0 Å². The van der Waals surface area contributed by atoms with Gasteiger partial charge in [0.05, 0.1) is 7.11 Å². The normalized spacial score (nSPS) is 22.3. The minimum Gasteiger partial charge on any atom is -0.466 e. The highest BCUT2D eigenvalue weighted by Crippen LogP contribution is 2.26. The fraction of sp³-hybridized carbons (Fsp3) is 0.273. The predicted molar refractivity (Wildman–Crippen MR) is 54.5 cm³/mol. The van der Waals surface area contributed by atoms with Crippen molar-refractivity contribution in [2.75, 3.05) is 7.11 Å². The van der Waals surface area contributed by atoms with Gasteiger partial charge >= 0.3 is 12.1 Å². The third-order valence-corrected chi connectivity index (χ3v) is 2.49. The summed E-state index contributed by atoms with van der Waals surface area (Å²) in [6.45, 7) is 0. The largest absolute Gasteiger partial charge is 0.466 e. The van der Waals surface area contributed by atoms with Crippen molar-refractivity contribution in [1.82, 2.24) is 5.32 Å². The van der Waals surface area contributed by atoms with Gasteiger partial charge in [0.25, 0.3) is 0 Å². The lowest BCUT2D eigenvalue weighted by Crippen LogP contribution is -2.30. The molecule has 1 aromatic rings. The number of benzene rings is 1. The average molecular weight is 257 g/mol. The van der Waals surface area contributed by atoms with E-state index < -0.39 is 35.8 Å². The summed E-state index contributed by atoms with van der Waals surface area (Å²) >= 11 is 0. The number of hydrogen-bond donors (Lipinski definition) is 1. The van der Waals surface area contributed by atoms with Gasteiger partial charge < -0.3 is 14.8 Å². The molecular formula is C11H9F2NO4. The van der Waals surface area contributed by atoms with E-state index in [-0.39, 0.29) is 5.56 Å². The van der Waals surface area contributed by atoms with Crippen LogP contribution >= 0.6 is 0 Å². The summed E-state index contributed by atoms with van der Waals surface area (Å²) < 4.78 is 35.3. The number of carbonyl (C=O) groups excluding carboxylic acids is 2. The quantitative estimate of drug-likeness (QED) is 0.811. The van der Waals surface area contributed by atoms with E-state index in [9.17, 15) is 18.4 Å². The smallest absolute Gasteiger partial charge is 0.408 e. The second kappa shape index (κ2) is 4.59. The maximum atomic E-state index is 13.1. The molecule has 1 saturated heterocycles. The number of alkyl carbamates (subject to hydrolysis) is 1. The molecule has 2 atom stereocenters. The molecule has 0 bridgehead atoms. The first-order valence-corrected chi connectivity index (χ1v) is 5.02. The molecule has 0 saturated carbocycles. The summed E-state index contributed by atoms with van der Waals surface area (Å²) in [5.74, 6) is -2.42. The maximum Gasteiger partial charge on any atom is 0.408 e. The molecule has 96 valence electrons. The van der Waals surface area contributed by atoms with Crippen LogP contribution in [0.15, 0.2) is 18.2 Å². The summed E-state index contributed by atoms with van der Waals surface area (Å²) in [5.41, 5.74) is 0.0914. The first kappa shape index (κ1) is 12.3. The van der Waals surface area contributed by atoms with Gasteiger partial charge in [-0.15, -0.1) is 0 Å². The molecular weight excluding hydrogens is 248 g/mol. The Morgan fingerprint density at radius 3 is 2.50 bits per heavy atom. The van der Waals surface area contributed by atoms with E-state index >= 15 is 0 Å². The Hall–Kier alpha value is -2.18. The van der Waals surface area contributed by atoms with Crippen LogP contribution < -0.4 is 5.32 Å². The lowest BCUT2D eigenvalue weighted by atomic mass is 10.0. The van der Waals surface area contributed by atoms with Crippen LogP contribution in [0.4, 0.5) is 13.6 Å². The minimum atomic E-state index is -1.26. The van der Waals surface area contributed by atoms with Crippen molar-refractivity contribution in [1.29, 1.82) is 0 Å². The first-order chi connectivity index (χ1) is 8.51. The first-order valence-electron chi connectivity index (χ1n) is 5.02. The number of hydrogen-bond acceptors (Lipinski definition) is 4. The number of amides is 1. The van der Waals surface area contributed by atoms with Gasteiger partial charge in [-0.3, -0.25) is 0 Å². The third kappa shape index (κ3) is 2.24. The van der Waals surface area contributed by atoms with Gasteiger partial charge in [-0.2, -0.15) is 0 Å². The molecule has 1 aliphatic rings. The Bertz CT molecular complexity index is 486. The van der Waals surface area contributed by atoms with Crippen LogP contribution in [0.5, 0.6) is 0 Å².